The molecule has 1 nitrogen and oxygen atoms in total. The summed E-state index contributed by atoms with van der Waals surface area (Å²) in [5, 5.41) is 8.87. The molecule has 1 aromatic carbocycles. The van der Waals surface area contributed by atoms with Crippen LogP contribution in [0.1, 0.15) is 17.2 Å². The summed E-state index contributed by atoms with van der Waals surface area (Å²) in [5.74, 6) is -0.797. The highest BCUT2D eigenvalue weighted by atomic mass is 19.4. The predicted octanol–water partition coefficient (Wildman–Crippen LogP) is 2.73. The third-order valence-corrected chi connectivity index (χ3v) is 1.85. The summed E-state index contributed by atoms with van der Waals surface area (Å²) < 4.78 is 48.8. The number of hydrogen-bond acceptors (Lipinski definition) is 1. The minimum Gasteiger partial charge on any atom is -0.379 e. The van der Waals surface area contributed by atoms with Crippen LogP contribution >= 0.6 is 0 Å². The van der Waals surface area contributed by atoms with Crippen molar-refractivity contribution in [2.24, 2.45) is 0 Å². The zero-order valence-electron chi connectivity index (χ0n) is 7.27. The van der Waals surface area contributed by atoms with Crippen LogP contribution in [0.5, 0.6) is 0 Å². The van der Waals surface area contributed by atoms with Crippen LogP contribution in [-0.2, 0) is 0 Å². The Morgan fingerprint density at radius 2 is 1.86 bits per heavy atom. The Morgan fingerprint density at radius 3 is 2.36 bits per heavy atom. The van der Waals surface area contributed by atoms with Crippen molar-refractivity contribution in [3.63, 3.8) is 0 Å². The van der Waals surface area contributed by atoms with Crippen LogP contribution in [0.4, 0.5) is 17.6 Å². The first-order chi connectivity index (χ1) is 6.32. The van der Waals surface area contributed by atoms with Crippen molar-refractivity contribution in [2.75, 3.05) is 0 Å². The van der Waals surface area contributed by atoms with Crippen LogP contribution in [0, 0.1) is 12.7 Å². The molecule has 0 saturated carbocycles. The number of benzene rings is 1. The molecule has 0 saturated heterocycles. The maximum Gasteiger partial charge on any atom is 0.418 e. The van der Waals surface area contributed by atoms with Gasteiger partial charge in [-0.3, -0.25) is 0 Å². The molecular formula is C9H8F4O. The molecule has 5 heteroatoms. The second-order valence-electron chi connectivity index (χ2n) is 2.95. The average molecular weight is 208 g/mol. The Hall–Kier alpha value is -1.10. The molecule has 1 atom stereocenters. The second-order valence-corrected chi connectivity index (χ2v) is 2.95. The quantitative estimate of drug-likeness (QED) is 0.703. The lowest BCUT2D eigenvalue weighted by Gasteiger charge is -2.16. The first kappa shape index (κ1) is 11.0. The van der Waals surface area contributed by atoms with E-state index in [0.717, 1.165) is 6.07 Å². The van der Waals surface area contributed by atoms with Gasteiger partial charge in [0.1, 0.15) is 5.82 Å². The number of aliphatic hydroxyl groups is 1. The Labute approximate surface area is 78.0 Å². The number of aryl methyl sites for hydroxylation is 1. The van der Waals surface area contributed by atoms with Gasteiger partial charge in [-0.25, -0.2) is 4.39 Å². The molecule has 0 heterocycles. The lowest BCUT2D eigenvalue weighted by molar-refractivity contribution is -0.207. The molecule has 0 radical (unpaired) electrons. The number of rotatable bonds is 1. The number of hydrogen-bond donors (Lipinski definition) is 1. The van der Waals surface area contributed by atoms with Gasteiger partial charge in [0.25, 0.3) is 0 Å². The zero-order chi connectivity index (χ0) is 10.9. The van der Waals surface area contributed by atoms with Gasteiger partial charge in [0.2, 0.25) is 0 Å². The Morgan fingerprint density at radius 1 is 1.29 bits per heavy atom. The predicted molar refractivity (Wildman–Crippen MR) is 42.2 cm³/mol. The van der Waals surface area contributed by atoms with Crippen LogP contribution in [-0.4, -0.2) is 11.3 Å². The highest BCUT2D eigenvalue weighted by Gasteiger charge is 2.40. The van der Waals surface area contributed by atoms with E-state index in [2.05, 4.69) is 0 Å². The van der Waals surface area contributed by atoms with E-state index >= 15 is 0 Å². The molecule has 0 aliphatic heterocycles. The van der Waals surface area contributed by atoms with Crippen molar-refractivity contribution in [2.45, 2.75) is 19.2 Å². The minimum absolute atomic E-state index is 0.205. The van der Waals surface area contributed by atoms with Crippen molar-refractivity contribution in [1.29, 1.82) is 0 Å². The molecule has 1 unspecified atom stereocenters. The van der Waals surface area contributed by atoms with Gasteiger partial charge < -0.3 is 5.11 Å². The fraction of sp³-hybridized carbons (Fsp3) is 0.333. The van der Waals surface area contributed by atoms with Gasteiger partial charge in [-0.15, -0.1) is 0 Å². The zero-order valence-corrected chi connectivity index (χ0v) is 7.27. The monoisotopic (exact) mass is 208 g/mol. The van der Waals surface area contributed by atoms with E-state index in [1.165, 1.54) is 13.0 Å². The SMILES string of the molecule is Cc1ccc(F)cc1C(O)C(F)(F)F. The third-order valence-electron chi connectivity index (χ3n) is 1.85. The van der Waals surface area contributed by atoms with Crippen LogP contribution < -0.4 is 0 Å². The second kappa shape index (κ2) is 3.57. The summed E-state index contributed by atoms with van der Waals surface area (Å²) in [6, 6.07) is 2.93. The molecule has 0 spiro atoms. The maximum atomic E-state index is 12.6. The lowest BCUT2D eigenvalue weighted by atomic mass is 10.0. The largest absolute Gasteiger partial charge is 0.418 e. The molecular weight excluding hydrogens is 200 g/mol. The third kappa shape index (κ3) is 2.23. The van der Waals surface area contributed by atoms with Gasteiger partial charge in [0, 0.05) is 0 Å². The van der Waals surface area contributed by atoms with Crippen molar-refractivity contribution >= 4 is 0 Å². The highest BCUT2D eigenvalue weighted by Crippen LogP contribution is 2.34. The molecule has 1 rings (SSSR count). The molecule has 78 valence electrons. The van der Waals surface area contributed by atoms with Gasteiger partial charge in [-0.05, 0) is 30.2 Å². The number of halogens is 4. The van der Waals surface area contributed by atoms with Crippen molar-refractivity contribution < 1.29 is 22.7 Å². The summed E-state index contributed by atoms with van der Waals surface area (Å²) in [7, 11) is 0. The number of aliphatic hydroxyl groups excluding tert-OH is 1. The van der Waals surface area contributed by atoms with E-state index in [9.17, 15) is 17.6 Å². The van der Waals surface area contributed by atoms with E-state index in [1.54, 1.807) is 0 Å². The van der Waals surface area contributed by atoms with Crippen LogP contribution in [0.3, 0.4) is 0 Å². The van der Waals surface area contributed by atoms with Gasteiger partial charge in [-0.2, -0.15) is 13.2 Å². The average Bonchev–Trinajstić information content (AvgIpc) is 2.06. The molecule has 1 N–H and O–H groups in total. The first-order valence-corrected chi connectivity index (χ1v) is 3.83. The molecule has 0 aliphatic carbocycles. The minimum atomic E-state index is -4.77. The van der Waals surface area contributed by atoms with E-state index in [1.807, 2.05) is 0 Å². The van der Waals surface area contributed by atoms with E-state index < -0.39 is 23.7 Å². The molecule has 0 bridgehead atoms. The number of alkyl halides is 3. The van der Waals surface area contributed by atoms with E-state index in [0.29, 0.717) is 6.07 Å². The Bertz CT molecular complexity index is 332. The van der Waals surface area contributed by atoms with Crippen LogP contribution in [0.15, 0.2) is 18.2 Å². The highest BCUT2D eigenvalue weighted by molar-refractivity contribution is 5.29. The van der Waals surface area contributed by atoms with Crippen LogP contribution in [0.2, 0.25) is 0 Å². The molecule has 1 aromatic rings. The summed E-state index contributed by atoms with van der Waals surface area (Å²) in [6.07, 6.45) is -7.39. The fourth-order valence-electron chi connectivity index (χ4n) is 1.08. The first-order valence-electron chi connectivity index (χ1n) is 3.83. The van der Waals surface area contributed by atoms with E-state index in [4.69, 9.17) is 5.11 Å². The van der Waals surface area contributed by atoms with Gasteiger partial charge in [0.15, 0.2) is 6.10 Å². The Balaban J connectivity index is 3.12. The molecule has 0 fully saturated rings. The van der Waals surface area contributed by atoms with Gasteiger partial charge in [-0.1, -0.05) is 6.07 Å². The standard InChI is InChI=1S/C9H8F4O/c1-5-2-3-6(10)4-7(5)8(14)9(11,12)13/h2-4,8,14H,1H3. The van der Waals surface area contributed by atoms with E-state index in [-0.39, 0.29) is 5.56 Å². The Kier molecular flexibility index (Phi) is 2.80. The molecule has 14 heavy (non-hydrogen) atoms. The fourth-order valence-corrected chi connectivity index (χ4v) is 1.08. The van der Waals surface area contributed by atoms with Crippen molar-refractivity contribution in [1.82, 2.24) is 0 Å². The molecule has 0 aliphatic rings. The van der Waals surface area contributed by atoms with Gasteiger partial charge in [0.05, 0.1) is 0 Å². The van der Waals surface area contributed by atoms with Crippen molar-refractivity contribution in [3.05, 3.63) is 35.1 Å². The summed E-state index contributed by atoms with van der Waals surface area (Å²) in [6.45, 7) is 1.38. The summed E-state index contributed by atoms with van der Waals surface area (Å²) >= 11 is 0. The smallest absolute Gasteiger partial charge is 0.379 e. The van der Waals surface area contributed by atoms with Gasteiger partial charge >= 0.3 is 6.18 Å². The summed E-state index contributed by atoms with van der Waals surface area (Å²) in [4.78, 5) is 0. The maximum absolute atomic E-state index is 12.6. The van der Waals surface area contributed by atoms with Crippen molar-refractivity contribution in [3.8, 4) is 0 Å². The van der Waals surface area contributed by atoms with Crippen LogP contribution in [0.25, 0.3) is 0 Å². The lowest BCUT2D eigenvalue weighted by Crippen LogP contribution is -2.21. The molecule has 0 aromatic heterocycles. The molecule has 0 amide bonds. The normalized spacial score (nSPS) is 14.1. The topological polar surface area (TPSA) is 20.2 Å². The summed E-state index contributed by atoms with van der Waals surface area (Å²) in [5.41, 5.74) is -0.242.